The zero-order valence-corrected chi connectivity index (χ0v) is 9.99. The summed E-state index contributed by atoms with van der Waals surface area (Å²) in [4.78, 5) is 28.3. The first kappa shape index (κ1) is 13.6. The van der Waals surface area contributed by atoms with Gasteiger partial charge in [0.25, 0.3) is 0 Å². The van der Waals surface area contributed by atoms with Crippen molar-refractivity contribution in [2.45, 2.75) is 0 Å². The third kappa shape index (κ3) is 3.00. The van der Waals surface area contributed by atoms with Crippen LogP contribution in [0.3, 0.4) is 0 Å². The van der Waals surface area contributed by atoms with Gasteiger partial charge in [-0.05, 0) is 12.1 Å². The van der Waals surface area contributed by atoms with Gasteiger partial charge in [-0.2, -0.15) is 0 Å². The quantitative estimate of drug-likeness (QED) is 0.564. The molecule has 18 heavy (non-hydrogen) atoms. The summed E-state index contributed by atoms with van der Waals surface area (Å²) in [6.07, 6.45) is 3.33. The van der Waals surface area contributed by atoms with Crippen molar-refractivity contribution in [3.05, 3.63) is 12.1 Å². The highest BCUT2D eigenvalue weighted by Gasteiger charge is 2.13. The Hall–Kier alpha value is -2.50. The number of methoxy groups -OCH3 is 2. The Kier molecular flexibility index (Phi) is 5.24. The summed E-state index contributed by atoms with van der Waals surface area (Å²) in [5.41, 5.74) is 0.873. The number of aliphatic imine (C=N–C) groups is 2. The Morgan fingerprint density at radius 3 is 1.56 bits per heavy atom. The normalized spacial score (nSPS) is 10.8. The second kappa shape index (κ2) is 6.95. The Balaban J connectivity index is 3.34. The molecule has 1 aromatic rings. The van der Waals surface area contributed by atoms with E-state index in [4.69, 9.17) is 9.47 Å². The maximum atomic E-state index is 10.3. The predicted molar refractivity (Wildman–Crippen MR) is 68.0 cm³/mol. The van der Waals surface area contributed by atoms with Crippen molar-refractivity contribution in [2.24, 2.45) is 9.98 Å². The second-order valence-corrected chi connectivity index (χ2v) is 3.00. The van der Waals surface area contributed by atoms with Gasteiger partial charge >= 0.3 is 0 Å². The lowest BCUT2D eigenvalue weighted by atomic mass is 10.2. The molecule has 0 amide bonds. The molecular formula is C12H12N2O4. The average molecular weight is 248 g/mol. The fourth-order valence-corrected chi connectivity index (χ4v) is 1.36. The minimum absolute atomic E-state index is 0.344. The molecule has 0 saturated heterocycles. The van der Waals surface area contributed by atoms with Crippen molar-refractivity contribution >= 4 is 36.4 Å². The number of ether oxygens (including phenoxy) is 2. The van der Waals surface area contributed by atoms with E-state index in [2.05, 4.69) is 9.98 Å². The van der Waals surface area contributed by atoms with Gasteiger partial charge < -0.3 is 9.47 Å². The molecule has 0 aliphatic rings. The van der Waals surface area contributed by atoms with Gasteiger partial charge in [0.1, 0.15) is 11.4 Å². The fourth-order valence-electron chi connectivity index (χ4n) is 1.36. The Morgan fingerprint density at radius 1 is 0.889 bits per heavy atom. The molecule has 0 N–H and O–H groups in total. The first-order chi connectivity index (χ1) is 8.78. The molecule has 6 nitrogen and oxygen atoms in total. The van der Waals surface area contributed by atoms with Gasteiger partial charge in [0.05, 0.1) is 26.6 Å². The van der Waals surface area contributed by atoms with Crippen LogP contribution in [0.15, 0.2) is 22.1 Å². The molecular weight excluding hydrogens is 236 g/mol. The minimum Gasteiger partial charge on any atom is -0.491 e. The largest absolute Gasteiger partial charge is 0.491 e. The van der Waals surface area contributed by atoms with Gasteiger partial charge in [-0.1, -0.05) is 0 Å². The first-order valence-corrected chi connectivity index (χ1v) is 4.99. The lowest BCUT2D eigenvalue weighted by Crippen LogP contribution is -1.92. The number of carbonyl (C=O) groups is 2. The molecule has 0 aliphatic carbocycles. The molecule has 0 fully saturated rings. The number of hydrogen-bond acceptors (Lipinski definition) is 6. The van der Waals surface area contributed by atoms with Gasteiger partial charge in [0, 0.05) is 0 Å². The molecule has 0 spiro atoms. The lowest BCUT2D eigenvalue weighted by Gasteiger charge is -2.11. The maximum absolute atomic E-state index is 10.3. The van der Waals surface area contributed by atoms with E-state index in [1.54, 1.807) is 12.1 Å². The summed E-state index contributed by atoms with van der Waals surface area (Å²) in [6.45, 7) is 0. The van der Waals surface area contributed by atoms with E-state index in [1.165, 1.54) is 14.2 Å². The monoisotopic (exact) mass is 248 g/mol. The molecule has 1 aromatic carbocycles. The summed E-state index contributed by atoms with van der Waals surface area (Å²) < 4.78 is 10.3. The number of aldehydes is 2. The summed E-state index contributed by atoms with van der Waals surface area (Å²) in [5, 5.41) is 0. The van der Waals surface area contributed by atoms with Crippen molar-refractivity contribution < 1.29 is 19.1 Å². The van der Waals surface area contributed by atoms with Crippen LogP contribution in [-0.4, -0.2) is 39.2 Å². The molecule has 94 valence electrons. The molecule has 0 saturated carbocycles. The molecule has 0 aromatic heterocycles. The molecule has 0 radical (unpaired) electrons. The van der Waals surface area contributed by atoms with Crippen LogP contribution in [0.25, 0.3) is 0 Å². The average Bonchev–Trinajstić information content (AvgIpc) is 2.42. The van der Waals surface area contributed by atoms with Crippen LogP contribution in [0.5, 0.6) is 11.5 Å². The van der Waals surface area contributed by atoms with E-state index in [0.717, 1.165) is 12.4 Å². The summed E-state index contributed by atoms with van der Waals surface area (Å²) in [7, 11) is 2.90. The van der Waals surface area contributed by atoms with Gasteiger partial charge in [-0.25, -0.2) is 9.98 Å². The molecule has 6 heteroatoms. The van der Waals surface area contributed by atoms with Crippen LogP contribution in [0.2, 0.25) is 0 Å². The number of rotatable bonds is 6. The molecule has 0 atom stereocenters. The van der Waals surface area contributed by atoms with Gasteiger partial charge in [-0.15, -0.1) is 0 Å². The summed E-state index contributed by atoms with van der Waals surface area (Å²) >= 11 is 0. The van der Waals surface area contributed by atoms with E-state index < -0.39 is 0 Å². The maximum Gasteiger partial charge on any atom is 0.188 e. The number of nitrogens with zero attached hydrogens (tertiary/aromatic N) is 2. The van der Waals surface area contributed by atoms with Gasteiger partial charge in [0.15, 0.2) is 24.1 Å². The van der Waals surface area contributed by atoms with E-state index in [1.807, 2.05) is 0 Å². The van der Waals surface area contributed by atoms with E-state index in [0.29, 0.717) is 35.4 Å². The second-order valence-electron chi connectivity index (χ2n) is 3.00. The molecule has 1 rings (SSSR count). The minimum atomic E-state index is 0.344. The topological polar surface area (TPSA) is 77.3 Å². The van der Waals surface area contributed by atoms with E-state index in [9.17, 15) is 9.59 Å². The van der Waals surface area contributed by atoms with Crippen molar-refractivity contribution in [3.63, 3.8) is 0 Å². The molecule has 0 bridgehead atoms. The standard InChI is InChI=1S/C12H12N2O4/c1-17-11-9(13-5-7-15)3-4-10(12(11)18-2)14-6-8-16/h3-8H,1-2H3. The Bertz CT molecular complexity index is 450. The highest BCUT2D eigenvalue weighted by Crippen LogP contribution is 2.43. The smallest absolute Gasteiger partial charge is 0.188 e. The van der Waals surface area contributed by atoms with Crippen molar-refractivity contribution in [3.8, 4) is 11.5 Å². The molecule has 0 heterocycles. The van der Waals surface area contributed by atoms with E-state index >= 15 is 0 Å². The number of benzene rings is 1. The van der Waals surface area contributed by atoms with Crippen molar-refractivity contribution in [2.75, 3.05) is 14.2 Å². The van der Waals surface area contributed by atoms with Gasteiger partial charge in [-0.3, -0.25) is 9.59 Å². The van der Waals surface area contributed by atoms with Gasteiger partial charge in [0.2, 0.25) is 0 Å². The van der Waals surface area contributed by atoms with Crippen LogP contribution in [0.1, 0.15) is 0 Å². The summed E-state index contributed by atoms with van der Waals surface area (Å²) in [5.74, 6) is 0.687. The van der Waals surface area contributed by atoms with Crippen LogP contribution in [0, 0.1) is 0 Å². The third-order valence-electron chi connectivity index (χ3n) is 2.03. The lowest BCUT2D eigenvalue weighted by molar-refractivity contribution is -0.103. The molecule has 0 aliphatic heterocycles. The van der Waals surface area contributed by atoms with Crippen LogP contribution in [-0.2, 0) is 9.59 Å². The highest BCUT2D eigenvalue weighted by atomic mass is 16.5. The van der Waals surface area contributed by atoms with Crippen molar-refractivity contribution in [1.82, 2.24) is 0 Å². The first-order valence-electron chi connectivity index (χ1n) is 4.99. The molecule has 0 unspecified atom stereocenters. The predicted octanol–water partition coefficient (Wildman–Crippen LogP) is 1.51. The van der Waals surface area contributed by atoms with Crippen LogP contribution in [0.4, 0.5) is 11.4 Å². The fraction of sp³-hybridized carbons (Fsp3) is 0.167. The van der Waals surface area contributed by atoms with Crippen molar-refractivity contribution in [1.29, 1.82) is 0 Å². The van der Waals surface area contributed by atoms with E-state index in [-0.39, 0.29) is 0 Å². The van der Waals surface area contributed by atoms with Crippen LogP contribution < -0.4 is 9.47 Å². The SMILES string of the molecule is COc1c(N=CC=O)ccc(N=CC=O)c1OC. The Labute approximate surface area is 104 Å². The zero-order valence-electron chi connectivity index (χ0n) is 9.99. The third-order valence-corrected chi connectivity index (χ3v) is 2.03. The summed E-state index contributed by atoms with van der Waals surface area (Å²) in [6, 6.07) is 3.22. The zero-order chi connectivity index (χ0) is 13.4. The number of hydrogen-bond donors (Lipinski definition) is 0. The van der Waals surface area contributed by atoms with Crippen LogP contribution >= 0.6 is 0 Å². The number of carbonyl (C=O) groups excluding carboxylic acids is 2. The Morgan fingerprint density at radius 2 is 1.28 bits per heavy atom. The highest BCUT2D eigenvalue weighted by molar-refractivity contribution is 6.14.